The first kappa shape index (κ1) is 35.2. The van der Waals surface area contributed by atoms with Gasteiger partial charge in [0.2, 0.25) is 0 Å². The molecule has 1 aliphatic heterocycles. The molecule has 5 nitrogen and oxygen atoms in total. The second-order valence-electron chi connectivity index (χ2n) is 14.9. The summed E-state index contributed by atoms with van der Waals surface area (Å²) in [6, 6.07) is 68.8. The van der Waals surface area contributed by atoms with Crippen LogP contribution >= 0.6 is 0 Å². The van der Waals surface area contributed by atoms with Gasteiger partial charge in [-0.15, -0.1) is 38.8 Å². The predicted octanol–water partition coefficient (Wildman–Crippen LogP) is 12.0. The third-order valence-electron chi connectivity index (χ3n) is 11.5. The van der Waals surface area contributed by atoms with Gasteiger partial charge >= 0.3 is 0 Å². The fourth-order valence-electron chi connectivity index (χ4n) is 9.05. The fourth-order valence-corrected chi connectivity index (χ4v) is 9.05. The molecule has 7 aromatic carbocycles. The largest absolute Gasteiger partial charge is 0.319 e. The number of hydrogen-bond acceptors (Lipinski definition) is 3. The van der Waals surface area contributed by atoms with Gasteiger partial charge in [-0.3, -0.25) is 0 Å². The Hall–Kier alpha value is -6.26. The Bertz CT molecular complexity index is 2930. The average Bonchev–Trinajstić information content (AvgIpc) is 3.91. The first-order valence-electron chi connectivity index (χ1n) is 19.2. The van der Waals surface area contributed by atoms with Crippen LogP contribution < -0.4 is 10.1 Å². The van der Waals surface area contributed by atoms with Crippen molar-refractivity contribution in [1.82, 2.24) is 9.55 Å². The van der Waals surface area contributed by atoms with Gasteiger partial charge in [-0.05, 0) is 82.9 Å². The number of anilines is 3. The summed E-state index contributed by atoms with van der Waals surface area (Å²) in [6.45, 7) is 4.34. The Morgan fingerprint density at radius 1 is 0.579 bits per heavy atom. The van der Waals surface area contributed by atoms with Crippen LogP contribution in [0.2, 0.25) is 0 Å². The van der Waals surface area contributed by atoms with Crippen LogP contribution in [0.15, 0.2) is 176 Å². The Morgan fingerprint density at radius 2 is 1.25 bits per heavy atom. The van der Waals surface area contributed by atoms with Gasteiger partial charge in [-0.1, -0.05) is 115 Å². The molecule has 0 saturated carbocycles. The molecule has 57 heavy (non-hydrogen) atoms. The molecule has 0 fully saturated rings. The van der Waals surface area contributed by atoms with Crippen LogP contribution in [0, 0.1) is 12.1 Å². The van der Waals surface area contributed by atoms with Crippen molar-refractivity contribution in [3.05, 3.63) is 210 Å². The third kappa shape index (κ3) is 5.26. The van der Waals surface area contributed by atoms with E-state index in [9.17, 15) is 0 Å². The Morgan fingerprint density at radius 3 is 2.02 bits per heavy atom. The van der Waals surface area contributed by atoms with Gasteiger partial charge in [0.1, 0.15) is 17.2 Å². The maximum atomic E-state index is 5.13. The molecule has 1 N–H and O–H groups in total. The van der Waals surface area contributed by atoms with Crippen molar-refractivity contribution in [1.29, 1.82) is 0 Å². The maximum absolute atomic E-state index is 5.13. The summed E-state index contributed by atoms with van der Waals surface area (Å²) in [6.07, 6.45) is 1.91. The van der Waals surface area contributed by atoms with E-state index in [-0.39, 0.29) is 27.1 Å². The monoisotopic (exact) mass is 916 g/mol. The van der Waals surface area contributed by atoms with Gasteiger partial charge in [0, 0.05) is 43.9 Å². The van der Waals surface area contributed by atoms with Crippen LogP contribution in [0.4, 0.5) is 17.1 Å². The average molecular weight is 917 g/mol. The molecule has 1 aliphatic carbocycles. The normalized spacial score (nSPS) is 13.8. The van der Waals surface area contributed by atoms with E-state index in [2.05, 4.69) is 205 Å². The molecule has 278 valence electrons. The first-order valence-corrected chi connectivity index (χ1v) is 19.2. The number of nitrogens with zero attached hydrogens (tertiary/aromatic N) is 4. The van der Waals surface area contributed by atoms with Crippen LogP contribution in [0.1, 0.15) is 36.1 Å². The molecule has 2 aliphatic rings. The third-order valence-corrected chi connectivity index (χ3v) is 11.5. The summed E-state index contributed by atoms with van der Waals surface area (Å²) < 4.78 is 2.28. The van der Waals surface area contributed by atoms with Gasteiger partial charge < -0.3 is 4.57 Å². The number of fused-ring (bicyclic) bond motifs is 7. The molecule has 11 rings (SSSR count). The summed E-state index contributed by atoms with van der Waals surface area (Å²) in [7, 11) is 0. The van der Waals surface area contributed by atoms with Gasteiger partial charge in [-0.2, -0.15) is 35.3 Å². The molecular weight excluding hydrogens is 880 g/mol. The van der Waals surface area contributed by atoms with E-state index in [0.717, 1.165) is 66.9 Å². The molecule has 3 heterocycles. The summed E-state index contributed by atoms with van der Waals surface area (Å²) in [5, 5.41) is 6.42. The minimum atomic E-state index is -0.727. The zero-order valence-electron chi connectivity index (χ0n) is 31.4. The molecule has 2 aromatic heterocycles. The molecule has 0 amide bonds. The van der Waals surface area contributed by atoms with E-state index in [0.29, 0.717) is 0 Å². The van der Waals surface area contributed by atoms with E-state index in [4.69, 9.17) is 9.92 Å². The van der Waals surface area contributed by atoms with E-state index in [1.807, 2.05) is 11.3 Å². The van der Waals surface area contributed by atoms with Crippen molar-refractivity contribution in [3.8, 4) is 28.1 Å². The summed E-state index contributed by atoms with van der Waals surface area (Å²) >= 11 is 0. The first-order chi connectivity index (χ1) is 27.6. The number of para-hydroxylation sites is 3. The molecule has 6 heteroatoms. The van der Waals surface area contributed by atoms with Crippen LogP contribution in [0.3, 0.4) is 0 Å². The minimum absolute atomic E-state index is 0. The second kappa shape index (κ2) is 13.7. The summed E-state index contributed by atoms with van der Waals surface area (Å²) in [4.78, 5) is 10.1. The zero-order chi connectivity index (χ0) is 37.4. The number of rotatable bonds is 6. The van der Waals surface area contributed by atoms with E-state index >= 15 is 0 Å². The van der Waals surface area contributed by atoms with Crippen LogP contribution in [0.25, 0.3) is 49.9 Å². The number of hydroxylamine groups is 1. The van der Waals surface area contributed by atoms with Crippen molar-refractivity contribution >= 4 is 38.9 Å². The number of benzene rings is 7. The summed E-state index contributed by atoms with van der Waals surface area (Å²) in [5.41, 5.74) is 13.6. The summed E-state index contributed by atoms with van der Waals surface area (Å²) in [5.74, 6) is 0.852. The van der Waals surface area contributed by atoms with Crippen molar-refractivity contribution in [2.75, 3.05) is 10.1 Å². The predicted molar refractivity (Wildman–Crippen MR) is 227 cm³/mol. The quantitative estimate of drug-likeness (QED) is 0.123. The second-order valence-corrected chi connectivity index (χ2v) is 14.9. The Labute approximate surface area is 346 Å². The zero-order valence-corrected chi connectivity index (χ0v) is 33.6. The van der Waals surface area contributed by atoms with E-state index < -0.39 is 5.41 Å². The minimum Gasteiger partial charge on any atom is -0.319 e. The Balaban J connectivity index is 0.00000396. The van der Waals surface area contributed by atoms with Crippen LogP contribution in [-0.2, 0) is 26.5 Å². The van der Waals surface area contributed by atoms with Crippen molar-refractivity contribution < 1.29 is 26.0 Å². The van der Waals surface area contributed by atoms with Gasteiger partial charge in [0.25, 0.3) is 0 Å². The maximum Gasteiger partial charge on any atom is 0.145 e. The van der Waals surface area contributed by atoms with Crippen LogP contribution in [0.5, 0.6) is 0 Å². The Kier molecular flexibility index (Phi) is 8.48. The smallest absolute Gasteiger partial charge is 0.145 e. The van der Waals surface area contributed by atoms with Gasteiger partial charge in [-0.25, -0.2) is 4.98 Å². The molecule has 0 spiro atoms. The van der Waals surface area contributed by atoms with Gasteiger partial charge in [0.15, 0.2) is 0 Å². The fraction of sp³-hybridized carbons (Fsp3) is 0.0784. The van der Waals surface area contributed by atoms with Crippen molar-refractivity contribution in [2.45, 2.75) is 25.3 Å². The standard InChI is InChI=1S/C51H36N4O.Pt/c1-34(2)54-47-25-12-13-26-48(47)55(56-54)39-18-14-17-37(32-39)51(44-22-9-6-19-40(44)41-20-7-10-23-45(41)51)38-27-28-43-42-21-8-11-24-46(42)53(49(43)33-38)50-31-36(29-30-52-50)35-15-4-3-5-16-35;/h3-31,34H,1-2H3;/q-2;/p+1. The molecule has 9 aromatic rings. The SMILES string of the molecule is CC(C)N1[OH+]N(c2[c-]c(C3(c4[c-]c5c(cc4)c4ccccc4n5-c4cc(-c5ccccc5)ccn4)c4ccccc4-c4ccccc43)ccc2)c2ccccc21.[Pt]. The number of aromatic nitrogens is 2. The van der Waals surface area contributed by atoms with Gasteiger partial charge in [0.05, 0.1) is 6.04 Å². The topological polar surface area (TPSA) is 37.1 Å². The number of hydrogen-bond donors (Lipinski definition) is 0. The van der Waals surface area contributed by atoms with Crippen LogP contribution in [-0.4, -0.2) is 20.5 Å². The number of pyridine rings is 1. The molecule has 0 saturated heterocycles. The molecule has 0 radical (unpaired) electrons. The van der Waals surface area contributed by atoms with E-state index in [1.54, 1.807) is 0 Å². The van der Waals surface area contributed by atoms with Crippen molar-refractivity contribution in [3.63, 3.8) is 0 Å². The molecule has 0 atom stereocenters. The molecule has 0 bridgehead atoms. The van der Waals surface area contributed by atoms with Crippen molar-refractivity contribution in [2.24, 2.45) is 0 Å². The molecule has 0 unspecified atom stereocenters. The van der Waals surface area contributed by atoms with E-state index in [1.165, 1.54) is 22.3 Å². The molecular formula is C51H37N4OPt-.